The molecular formula is C15H9BrN2O2S. The number of carboxylic acid groups (broad SMARTS) is 1. The summed E-state index contributed by atoms with van der Waals surface area (Å²) in [5, 5.41) is 11.3. The summed E-state index contributed by atoms with van der Waals surface area (Å²) in [6.45, 7) is 0. The Morgan fingerprint density at radius 3 is 2.76 bits per heavy atom. The van der Waals surface area contributed by atoms with Crippen molar-refractivity contribution >= 4 is 44.6 Å². The molecule has 0 atom stereocenters. The molecule has 3 rings (SSSR count). The molecule has 2 heterocycles. The van der Waals surface area contributed by atoms with Crippen molar-refractivity contribution in [1.82, 2.24) is 9.97 Å². The number of rotatable bonds is 3. The van der Waals surface area contributed by atoms with Gasteiger partial charge in [0.05, 0.1) is 15.6 Å². The molecule has 0 unspecified atom stereocenters. The number of carbonyl (C=O) groups is 1. The Labute approximate surface area is 133 Å². The lowest BCUT2D eigenvalue weighted by atomic mass is 10.1. The minimum atomic E-state index is -0.962. The van der Waals surface area contributed by atoms with Crippen LogP contribution in [0.2, 0.25) is 0 Å². The molecule has 0 radical (unpaired) electrons. The lowest BCUT2D eigenvalue weighted by Crippen LogP contribution is -1.99. The zero-order chi connectivity index (χ0) is 14.8. The second-order valence-corrected chi connectivity index (χ2v) is 6.09. The van der Waals surface area contributed by atoms with Crippen molar-refractivity contribution < 1.29 is 9.90 Å². The number of carboxylic acids is 1. The molecule has 1 aromatic carbocycles. The highest BCUT2D eigenvalue weighted by atomic mass is 79.9. The number of pyridine rings is 2. The van der Waals surface area contributed by atoms with Crippen LogP contribution in [0, 0.1) is 0 Å². The Hall–Kier alpha value is -1.92. The number of hydrogen-bond acceptors (Lipinski definition) is 4. The molecule has 0 amide bonds. The minimum Gasteiger partial charge on any atom is -0.478 e. The highest BCUT2D eigenvalue weighted by Crippen LogP contribution is 2.32. The highest BCUT2D eigenvalue weighted by Gasteiger charge is 2.13. The lowest BCUT2D eigenvalue weighted by molar-refractivity contribution is 0.0698. The number of para-hydroxylation sites is 1. The number of hydrogen-bond donors (Lipinski definition) is 1. The molecule has 6 heteroatoms. The topological polar surface area (TPSA) is 63.1 Å². The van der Waals surface area contributed by atoms with Crippen molar-refractivity contribution in [1.29, 1.82) is 0 Å². The molecule has 0 spiro atoms. The molecule has 1 N–H and O–H groups in total. The molecule has 0 fully saturated rings. The van der Waals surface area contributed by atoms with E-state index in [9.17, 15) is 9.90 Å². The average Bonchev–Trinajstić information content (AvgIpc) is 2.48. The standard InChI is InChI=1S/C15H9BrN2O2S/c16-11-5-3-7-17-14(11)21-13-8-10(15(19)20)9-4-1-2-6-12(9)18-13/h1-8H,(H,19,20). The number of halogens is 1. The predicted molar refractivity (Wildman–Crippen MR) is 84.8 cm³/mol. The highest BCUT2D eigenvalue weighted by molar-refractivity contribution is 9.10. The summed E-state index contributed by atoms with van der Waals surface area (Å²) in [5.74, 6) is -0.962. The molecule has 0 aliphatic carbocycles. The summed E-state index contributed by atoms with van der Waals surface area (Å²) < 4.78 is 0.849. The first-order valence-corrected chi connectivity index (χ1v) is 7.67. The van der Waals surface area contributed by atoms with E-state index in [2.05, 4.69) is 25.9 Å². The molecule has 0 saturated carbocycles. The predicted octanol–water partition coefficient (Wildman–Crippen LogP) is 4.24. The fourth-order valence-corrected chi connectivity index (χ4v) is 3.22. The van der Waals surface area contributed by atoms with Crippen molar-refractivity contribution in [2.24, 2.45) is 0 Å². The van der Waals surface area contributed by atoms with E-state index in [-0.39, 0.29) is 5.56 Å². The first kappa shape index (κ1) is 14.0. The number of fused-ring (bicyclic) bond motifs is 1. The van der Waals surface area contributed by atoms with E-state index in [1.807, 2.05) is 18.2 Å². The van der Waals surface area contributed by atoms with E-state index in [0.29, 0.717) is 15.9 Å². The second kappa shape index (κ2) is 5.83. The van der Waals surface area contributed by atoms with E-state index in [1.165, 1.54) is 11.8 Å². The Bertz CT molecular complexity index is 839. The fraction of sp³-hybridized carbons (Fsp3) is 0. The van der Waals surface area contributed by atoms with Gasteiger partial charge in [-0.1, -0.05) is 18.2 Å². The number of nitrogens with zero attached hydrogens (tertiary/aromatic N) is 2. The summed E-state index contributed by atoms with van der Waals surface area (Å²) in [6, 6.07) is 12.5. The minimum absolute atomic E-state index is 0.246. The van der Waals surface area contributed by atoms with Crippen LogP contribution < -0.4 is 0 Å². The second-order valence-electron chi connectivity index (χ2n) is 4.22. The van der Waals surface area contributed by atoms with Gasteiger partial charge in [-0.05, 0) is 52.0 Å². The quantitative estimate of drug-likeness (QED) is 0.756. The third-order valence-electron chi connectivity index (χ3n) is 2.85. The van der Waals surface area contributed by atoms with Crippen LogP contribution in [0.5, 0.6) is 0 Å². The van der Waals surface area contributed by atoms with Gasteiger partial charge in [0.25, 0.3) is 0 Å². The summed E-state index contributed by atoms with van der Waals surface area (Å²) in [7, 11) is 0. The van der Waals surface area contributed by atoms with Gasteiger partial charge in [-0.2, -0.15) is 0 Å². The molecule has 0 aliphatic rings. The zero-order valence-corrected chi connectivity index (χ0v) is 13.1. The van der Waals surface area contributed by atoms with Crippen molar-refractivity contribution in [2.45, 2.75) is 10.1 Å². The van der Waals surface area contributed by atoms with Crippen LogP contribution >= 0.6 is 27.7 Å². The fourth-order valence-electron chi connectivity index (χ4n) is 1.93. The third-order valence-corrected chi connectivity index (χ3v) is 4.69. The molecule has 21 heavy (non-hydrogen) atoms. The van der Waals surface area contributed by atoms with Crippen LogP contribution in [-0.4, -0.2) is 21.0 Å². The monoisotopic (exact) mass is 360 g/mol. The number of aromatic carboxylic acids is 1. The van der Waals surface area contributed by atoms with Gasteiger partial charge in [0, 0.05) is 11.6 Å². The Morgan fingerprint density at radius 2 is 2.00 bits per heavy atom. The molecule has 0 bridgehead atoms. The summed E-state index contributed by atoms with van der Waals surface area (Å²) >= 11 is 4.75. The van der Waals surface area contributed by atoms with Crippen LogP contribution in [0.1, 0.15) is 10.4 Å². The Balaban J connectivity index is 2.11. The van der Waals surface area contributed by atoms with Gasteiger partial charge in [0.2, 0.25) is 0 Å². The first-order chi connectivity index (χ1) is 10.1. The van der Waals surface area contributed by atoms with Crippen molar-refractivity contribution in [3.05, 3.63) is 58.7 Å². The van der Waals surface area contributed by atoms with Crippen LogP contribution in [0.3, 0.4) is 0 Å². The Morgan fingerprint density at radius 1 is 1.19 bits per heavy atom. The number of benzene rings is 1. The zero-order valence-electron chi connectivity index (χ0n) is 10.7. The van der Waals surface area contributed by atoms with Gasteiger partial charge in [0.1, 0.15) is 10.1 Å². The van der Waals surface area contributed by atoms with Gasteiger partial charge in [-0.3, -0.25) is 0 Å². The summed E-state index contributed by atoms with van der Waals surface area (Å²) in [6.07, 6.45) is 1.69. The van der Waals surface area contributed by atoms with Crippen LogP contribution in [0.4, 0.5) is 0 Å². The Kier molecular flexibility index (Phi) is 3.90. The molecule has 3 aromatic rings. The van der Waals surface area contributed by atoms with Gasteiger partial charge in [-0.25, -0.2) is 14.8 Å². The van der Waals surface area contributed by atoms with E-state index in [4.69, 9.17) is 0 Å². The van der Waals surface area contributed by atoms with Crippen molar-refractivity contribution in [3.63, 3.8) is 0 Å². The van der Waals surface area contributed by atoms with E-state index in [1.54, 1.807) is 30.5 Å². The third kappa shape index (κ3) is 2.91. The van der Waals surface area contributed by atoms with E-state index < -0.39 is 5.97 Å². The van der Waals surface area contributed by atoms with Gasteiger partial charge in [-0.15, -0.1) is 0 Å². The van der Waals surface area contributed by atoms with Crippen molar-refractivity contribution in [3.8, 4) is 0 Å². The van der Waals surface area contributed by atoms with Crippen LogP contribution in [0.15, 0.2) is 63.2 Å². The maximum atomic E-state index is 11.4. The molecule has 2 aromatic heterocycles. The maximum Gasteiger partial charge on any atom is 0.336 e. The van der Waals surface area contributed by atoms with E-state index in [0.717, 1.165) is 9.50 Å². The molecule has 104 valence electrons. The van der Waals surface area contributed by atoms with Crippen molar-refractivity contribution in [2.75, 3.05) is 0 Å². The normalized spacial score (nSPS) is 10.7. The maximum absolute atomic E-state index is 11.4. The first-order valence-electron chi connectivity index (χ1n) is 6.06. The summed E-state index contributed by atoms with van der Waals surface area (Å²) in [5.41, 5.74) is 0.905. The van der Waals surface area contributed by atoms with Gasteiger partial charge < -0.3 is 5.11 Å². The molecule has 4 nitrogen and oxygen atoms in total. The number of aromatic nitrogens is 2. The molecular weight excluding hydrogens is 352 g/mol. The summed E-state index contributed by atoms with van der Waals surface area (Å²) in [4.78, 5) is 20.2. The SMILES string of the molecule is O=C(O)c1cc(Sc2ncccc2Br)nc2ccccc12. The smallest absolute Gasteiger partial charge is 0.336 e. The van der Waals surface area contributed by atoms with Crippen LogP contribution in [0.25, 0.3) is 10.9 Å². The van der Waals surface area contributed by atoms with Crippen LogP contribution in [-0.2, 0) is 0 Å². The lowest BCUT2D eigenvalue weighted by Gasteiger charge is -2.07. The largest absolute Gasteiger partial charge is 0.478 e. The van der Waals surface area contributed by atoms with E-state index >= 15 is 0 Å². The average molecular weight is 361 g/mol. The molecule has 0 saturated heterocycles. The van der Waals surface area contributed by atoms with Gasteiger partial charge in [0.15, 0.2) is 0 Å². The molecule has 0 aliphatic heterocycles. The van der Waals surface area contributed by atoms with Gasteiger partial charge >= 0.3 is 5.97 Å².